The Morgan fingerprint density at radius 2 is 1.36 bits per heavy atom. The number of hydrogen-bond donors (Lipinski definition) is 16. The molecule has 614 valence electrons. The Morgan fingerprint density at radius 3 is 2.00 bits per heavy atom. The molecule has 1 saturated heterocycles. The molecule has 10 amide bonds. The minimum Gasteiger partial charge on any atom is -0.508 e. The number of aliphatic imine (C=N–C) groups is 1. The number of aliphatic hydroxyl groups excluding tert-OH is 1. The van der Waals surface area contributed by atoms with Gasteiger partial charge in [-0.3, -0.25) is 81.6 Å². The summed E-state index contributed by atoms with van der Waals surface area (Å²) in [6.45, 7) is 0.0754. The number of ketones is 6. The zero-order chi connectivity index (χ0) is 81.8. The van der Waals surface area contributed by atoms with E-state index in [1.54, 1.807) is 0 Å². The summed E-state index contributed by atoms with van der Waals surface area (Å²) < 4.78 is 1.63. The van der Waals surface area contributed by atoms with Gasteiger partial charge in [0.05, 0.1) is 64.5 Å². The fourth-order valence-corrected chi connectivity index (χ4v) is 16.4. The van der Waals surface area contributed by atoms with Crippen molar-refractivity contribution in [3.05, 3.63) is 69.1 Å². The molecule has 13 atom stereocenters. The number of nitrogens with zero attached hydrogens (tertiary/aromatic N) is 5. The van der Waals surface area contributed by atoms with Gasteiger partial charge in [0.1, 0.15) is 22.8 Å². The van der Waals surface area contributed by atoms with Crippen molar-refractivity contribution in [3.63, 3.8) is 0 Å². The highest BCUT2D eigenvalue weighted by Crippen LogP contribution is 2.34. The number of amides is 10. The highest BCUT2D eigenvalue weighted by molar-refractivity contribution is 14.1. The lowest BCUT2D eigenvalue weighted by Crippen LogP contribution is -2.52. The van der Waals surface area contributed by atoms with E-state index in [-0.39, 0.29) is 121 Å². The number of carbonyl (C=O) groups is 16. The number of phenolic OH excluding ortho intramolecular Hbond substituents is 2. The zero-order valence-corrected chi connectivity index (χ0v) is 65.0. The van der Waals surface area contributed by atoms with Gasteiger partial charge < -0.3 is 91.6 Å². The fourth-order valence-electron chi connectivity index (χ4n) is 13.2. The van der Waals surface area contributed by atoms with E-state index in [9.17, 15) is 68.4 Å². The molecule has 0 saturated carbocycles. The number of phenols is 2. The SMILES string of the molecule is C.C[C@@H](O)[C@@H]1NC(=O)[C@H]2CC(=O)[C@@H](NC(=O)CN)CCCn3cc(nn3)C[C@H](NC(=O)[C@H](CCCN=C(N)N)CC(=O)[C@@H]3CCCN3C(=O)[C@H](CC(=O)O)CC1=O)C(=O)C[C@@H](CCCNC(N)=O)C(=O)N[C@@H](Cc1ccc(O)c(I)c1)C(=O)C[C@@H](CCC(N)=O)C(=O)N[C@H](C(=O)C[C@@H](Cc1ccc(O)cc1)C(N)=O)CSS2. The van der Waals surface area contributed by atoms with Gasteiger partial charge in [0.25, 0.3) is 0 Å². The molecule has 22 N–H and O–H groups in total. The molecule has 1 aromatic heterocycles. The standard InChI is InChI=1S/C71H98IN17O20S2.CH4/c1-36(90)63-58(98)29-43(30-62(101)102)69(108)89-21-5-9-51(89)57(97)27-40(6-2-18-79-70(76)77)66(105)83-49-31-44-34-88(87-86-44)20-4-8-47(81-61(100)33-73)56(96)32-59(68(107)85-63)111-110-35-50(55(95)28-42(64(75)103)22-37-10-14-45(91)15-11-37)84-67(106)41(13-17-60(74)99)26-53(93)48(24-38-12-16-52(92)46(72)23-38)82-65(104)39(25-54(49)94)7-3-19-80-71(78)109;/h10-12,14-16,23,34,36,39-43,47-51,59,63,90-92H,2-9,13,17-22,24-33,35,73H2,1H3,(H2,74,99)(H2,75,103)(H,81,100)(H,82,104)(H,83,105)(H,84,106)(H,85,107)(H,101,102)(H4,76,77,79)(H3,78,80,109);1H4/t36-,39-,40-,41-,42-,43+,47+,48+,49+,50+,51+,59-,63+;/m1./s1. The maximum atomic E-state index is 15.4. The predicted molar refractivity (Wildman–Crippen MR) is 417 cm³/mol. The smallest absolute Gasteiger partial charge is 0.312 e. The van der Waals surface area contributed by atoms with Crippen LogP contribution in [0.3, 0.4) is 0 Å². The molecule has 0 unspecified atom stereocenters. The van der Waals surface area contributed by atoms with Gasteiger partial charge in [-0.05, 0) is 136 Å². The Balaban J connectivity index is 0.0000224. The number of nitrogens with two attached hydrogens (primary N) is 6. The van der Waals surface area contributed by atoms with Crippen LogP contribution in [0.5, 0.6) is 11.5 Å². The van der Waals surface area contributed by atoms with E-state index in [2.05, 4.69) is 47.2 Å². The van der Waals surface area contributed by atoms with Crippen LogP contribution in [0, 0.1) is 33.2 Å². The van der Waals surface area contributed by atoms with Crippen molar-refractivity contribution in [2.45, 2.75) is 197 Å². The molecule has 1 fully saturated rings. The van der Waals surface area contributed by atoms with Gasteiger partial charge in [-0.25, -0.2) is 4.79 Å². The number of aliphatic carboxylic acids is 1. The summed E-state index contributed by atoms with van der Waals surface area (Å²) in [6.07, 6.45) is -8.42. The first kappa shape index (κ1) is 92.9. The summed E-state index contributed by atoms with van der Waals surface area (Å²) in [6, 6.07) is -0.773. The number of guanidine groups is 1. The van der Waals surface area contributed by atoms with E-state index in [1.807, 2.05) is 22.6 Å². The van der Waals surface area contributed by atoms with Crippen LogP contribution in [0.4, 0.5) is 4.79 Å². The highest BCUT2D eigenvalue weighted by atomic mass is 127. The number of aromatic nitrogens is 3. The molecule has 4 heterocycles. The molecule has 6 rings (SSSR count). The first-order chi connectivity index (χ1) is 52.6. The number of nitrogens with one attached hydrogen (secondary N) is 6. The number of aromatic hydroxyl groups is 2. The second-order valence-corrected chi connectivity index (χ2v) is 31.6. The molecule has 2 aromatic carbocycles. The number of primary amides is 3. The number of aryl methyl sites for hydroxylation is 1. The van der Waals surface area contributed by atoms with Crippen LogP contribution >= 0.6 is 44.2 Å². The maximum Gasteiger partial charge on any atom is 0.312 e. The number of carboxylic acids is 1. The van der Waals surface area contributed by atoms with Crippen LogP contribution in [0.25, 0.3) is 0 Å². The number of carboxylic acid groups (broad SMARTS) is 1. The molecule has 40 heteroatoms. The lowest BCUT2D eigenvalue weighted by molar-refractivity contribution is -0.148. The average molecular weight is 1720 g/mol. The van der Waals surface area contributed by atoms with Gasteiger partial charge >= 0.3 is 12.0 Å². The Kier molecular flexibility index (Phi) is 37.9. The van der Waals surface area contributed by atoms with Crippen LogP contribution < -0.4 is 66.3 Å². The largest absolute Gasteiger partial charge is 0.508 e. The second-order valence-electron chi connectivity index (χ2n) is 27.9. The Bertz CT molecular complexity index is 3920. The molecule has 3 aliphatic rings. The first-order valence-corrected chi connectivity index (χ1v) is 39.7. The maximum absolute atomic E-state index is 15.4. The third-order valence-corrected chi connectivity index (χ3v) is 22.8. The molecule has 112 heavy (non-hydrogen) atoms. The fraction of sp³-hybridized carbons (Fsp3) is 0.569. The molecule has 0 spiro atoms. The molecule has 37 nitrogen and oxygen atoms in total. The summed E-state index contributed by atoms with van der Waals surface area (Å²) in [5.41, 5.74) is 34.8. The summed E-state index contributed by atoms with van der Waals surface area (Å²) in [5.74, 6) is -23.1. The van der Waals surface area contributed by atoms with Crippen LogP contribution in [0.2, 0.25) is 0 Å². The van der Waals surface area contributed by atoms with Gasteiger partial charge in [0, 0.05) is 113 Å². The van der Waals surface area contributed by atoms with E-state index in [0.29, 0.717) is 36.3 Å². The van der Waals surface area contributed by atoms with Crippen molar-refractivity contribution in [1.82, 2.24) is 51.8 Å². The summed E-state index contributed by atoms with van der Waals surface area (Å²) in [4.78, 5) is 235. The van der Waals surface area contributed by atoms with Gasteiger partial charge in [-0.2, -0.15) is 0 Å². The average Bonchev–Trinajstić information content (AvgIpc) is 1.61. The van der Waals surface area contributed by atoms with E-state index in [4.69, 9.17) is 34.4 Å². The molecular formula is C72H102IN17O20S2. The van der Waals surface area contributed by atoms with Gasteiger partial charge in [0.2, 0.25) is 47.3 Å². The van der Waals surface area contributed by atoms with Gasteiger partial charge in [-0.1, -0.05) is 52.4 Å². The molecule has 0 aliphatic carbocycles. The van der Waals surface area contributed by atoms with E-state index < -0.39 is 248 Å². The van der Waals surface area contributed by atoms with E-state index >= 15 is 28.8 Å². The quantitative estimate of drug-likeness (QED) is 0.0165. The normalized spacial score (nSPS) is 24.0. The Labute approximate surface area is 667 Å². The summed E-state index contributed by atoms with van der Waals surface area (Å²) in [5, 5.41) is 64.6. The van der Waals surface area contributed by atoms with Crippen molar-refractivity contribution >= 4 is 144 Å². The van der Waals surface area contributed by atoms with E-state index in [0.717, 1.165) is 11.8 Å². The van der Waals surface area contributed by atoms with Crippen LogP contribution in [0.15, 0.2) is 53.7 Å². The van der Waals surface area contributed by atoms with Crippen molar-refractivity contribution in [3.8, 4) is 11.5 Å². The lowest BCUT2D eigenvalue weighted by Gasteiger charge is -2.30. The first-order valence-electron chi connectivity index (χ1n) is 36.3. The number of fused-ring (bicyclic) bond motifs is 8. The number of aliphatic hydroxyl groups is 1. The monoisotopic (exact) mass is 1720 g/mol. The number of benzene rings is 2. The third kappa shape index (κ3) is 30.1. The predicted octanol–water partition coefficient (Wildman–Crippen LogP) is -1.17. The topological polar surface area (TPSA) is 629 Å². The van der Waals surface area contributed by atoms with Crippen molar-refractivity contribution < 1.29 is 97.1 Å². The number of hydrogen-bond acceptors (Lipinski definition) is 25. The van der Waals surface area contributed by atoms with Crippen molar-refractivity contribution in [2.24, 2.45) is 69.0 Å². The van der Waals surface area contributed by atoms with Crippen molar-refractivity contribution in [2.75, 3.05) is 31.9 Å². The number of halogens is 1. The van der Waals surface area contributed by atoms with E-state index in [1.165, 1.54) is 53.3 Å². The Hall–Kier alpha value is -9.68. The molecular weight excluding hydrogens is 1610 g/mol. The van der Waals surface area contributed by atoms with Crippen LogP contribution in [0.1, 0.15) is 140 Å². The molecule has 0 radical (unpaired) electrons. The minimum absolute atomic E-state index is 0. The van der Waals surface area contributed by atoms with Crippen LogP contribution in [-0.2, 0) is 97.7 Å². The molecule has 4 bridgehead atoms. The Morgan fingerprint density at radius 1 is 0.723 bits per heavy atom. The third-order valence-electron chi connectivity index (χ3n) is 19.2. The lowest BCUT2D eigenvalue weighted by atomic mass is 9.88. The zero-order valence-electron chi connectivity index (χ0n) is 61.2. The molecule has 3 aromatic rings. The number of urea groups is 1. The molecule has 3 aliphatic heterocycles. The second kappa shape index (κ2) is 45.7. The van der Waals surface area contributed by atoms with Gasteiger partial charge in [0.15, 0.2) is 40.7 Å². The number of rotatable bonds is 24. The van der Waals surface area contributed by atoms with Crippen LogP contribution in [-0.4, -0.2) is 220 Å². The van der Waals surface area contributed by atoms with Crippen molar-refractivity contribution in [1.29, 1.82) is 0 Å². The summed E-state index contributed by atoms with van der Waals surface area (Å²) in [7, 11) is 1.28. The summed E-state index contributed by atoms with van der Waals surface area (Å²) >= 11 is 1.83. The number of Topliss-reactive ketones (excluding diaryl/α,β-unsaturated/α-hetero) is 6. The highest BCUT2D eigenvalue weighted by Gasteiger charge is 2.43. The minimum atomic E-state index is -1.96. The van der Waals surface area contributed by atoms with Gasteiger partial charge in [-0.15, -0.1) is 5.10 Å². The number of carbonyl (C=O) groups excluding carboxylic acids is 15.